The minimum atomic E-state index is 0.915. The van der Waals surface area contributed by atoms with E-state index in [9.17, 15) is 0 Å². The van der Waals surface area contributed by atoms with E-state index >= 15 is 0 Å². The van der Waals surface area contributed by atoms with Crippen LogP contribution >= 0.6 is 0 Å². The van der Waals surface area contributed by atoms with Crippen molar-refractivity contribution in [3.8, 4) is 0 Å². The molecule has 2 nitrogen and oxygen atoms in total. The highest BCUT2D eigenvalue weighted by atomic mass is 15.3. The molecule has 1 unspecified atom stereocenters. The van der Waals surface area contributed by atoms with Crippen molar-refractivity contribution in [2.75, 3.05) is 26.2 Å². The third kappa shape index (κ3) is 1.59. The first-order valence-corrected chi connectivity index (χ1v) is 6.41. The van der Waals surface area contributed by atoms with Crippen LogP contribution in [0.25, 0.3) is 0 Å². The van der Waals surface area contributed by atoms with Gasteiger partial charge in [-0.25, -0.2) is 0 Å². The first-order valence-electron chi connectivity index (χ1n) is 6.41. The third-order valence-electron chi connectivity index (χ3n) is 4.43. The molecule has 14 heavy (non-hydrogen) atoms. The van der Waals surface area contributed by atoms with E-state index in [4.69, 9.17) is 0 Å². The molecule has 0 amide bonds. The molecular formula is C12H22N2. The molecule has 0 spiro atoms. The van der Waals surface area contributed by atoms with Crippen LogP contribution in [0.15, 0.2) is 0 Å². The van der Waals surface area contributed by atoms with Gasteiger partial charge in [0.25, 0.3) is 0 Å². The molecule has 0 radical (unpaired) electrons. The van der Waals surface area contributed by atoms with Crippen LogP contribution in [0.1, 0.15) is 38.5 Å². The molecule has 0 N–H and O–H groups in total. The van der Waals surface area contributed by atoms with Gasteiger partial charge in [-0.2, -0.15) is 0 Å². The van der Waals surface area contributed by atoms with Gasteiger partial charge in [0, 0.05) is 18.6 Å². The van der Waals surface area contributed by atoms with Gasteiger partial charge >= 0.3 is 0 Å². The SMILES string of the molecule is C1CC(N2CCCN3CCCC3C2)C1. The topological polar surface area (TPSA) is 6.48 Å². The molecule has 2 heterocycles. The minimum absolute atomic E-state index is 0.915. The summed E-state index contributed by atoms with van der Waals surface area (Å²) in [5.74, 6) is 0. The normalized spacial score (nSPS) is 36.4. The Labute approximate surface area is 87.3 Å². The molecule has 80 valence electrons. The summed E-state index contributed by atoms with van der Waals surface area (Å²) in [4.78, 5) is 5.53. The lowest BCUT2D eigenvalue weighted by Crippen LogP contribution is -2.44. The van der Waals surface area contributed by atoms with Gasteiger partial charge < -0.3 is 0 Å². The maximum Gasteiger partial charge on any atom is 0.0223 e. The monoisotopic (exact) mass is 194 g/mol. The smallest absolute Gasteiger partial charge is 0.0223 e. The highest BCUT2D eigenvalue weighted by Gasteiger charge is 2.33. The Bertz CT molecular complexity index is 200. The summed E-state index contributed by atoms with van der Waals surface area (Å²) >= 11 is 0. The second-order valence-corrected chi connectivity index (χ2v) is 5.27. The molecule has 1 atom stereocenters. The number of fused-ring (bicyclic) bond motifs is 1. The standard InChI is InChI=1S/C12H22N2/c1-4-11(5-1)14-9-3-8-13-7-2-6-12(13)10-14/h11-12H,1-10H2. The summed E-state index contributed by atoms with van der Waals surface area (Å²) in [5.41, 5.74) is 0. The van der Waals surface area contributed by atoms with Gasteiger partial charge in [0.2, 0.25) is 0 Å². The average Bonchev–Trinajstić information content (AvgIpc) is 2.42. The van der Waals surface area contributed by atoms with Crippen molar-refractivity contribution in [1.29, 1.82) is 0 Å². The van der Waals surface area contributed by atoms with E-state index in [2.05, 4.69) is 9.80 Å². The van der Waals surface area contributed by atoms with Gasteiger partial charge in [0.1, 0.15) is 0 Å². The van der Waals surface area contributed by atoms with Crippen molar-refractivity contribution in [2.24, 2.45) is 0 Å². The van der Waals surface area contributed by atoms with E-state index in [1.807, 2.05) is 0 Å². The third-order valence-corrected chi connectivity index (χ3v) is 4.43. The number of hydrogen-bond donors (Lipinski definition) is 0. The molecule has 0 aromatic carbocycles. The lowest BCUT2D eigenvalue weighted by Gasteiger charge is -2.38. The highest BCUT2D eigenvalue weighted by Crippen LogP contribution is 2.29. The molecule has 2 aliphatic heterocycles. The lowest BCUT2D eigenvalue weighted by molar-refractivity contribution is 0.116. The summed E-state index contributed by atoms with van der Waals surface area (Å²) in [6, 6.07) is 1.88. The highest BCUT2D eigenvalue weighted by molar-refractivity contribution is 4.89. The first-order chi connectivity index (χ1) is 6.93. The first kappa shape index (κ1) is 9.17. The van der Waals surface area contributed by atoms with Crippen LogP contribution in [-0.4, -0.2) is 48.1 Å². The van der Waals surface area contributed by atoms with E-state index in [1.165, 1.54) is 64.7 Å². The van der Waals surface area contributed by atoms with Gasteiger partial charge in [-0.05, 0) is 51.7 Å². The molecular weight excluding hydrogens is 172 g/mol. The van der Waals surface area contributed by atoms with Crippen LogP contribution in [0.2, 0.25) is 0 Å². The van der Waals surface area contributed by atoms with Crippen molar-refractivity contribution in [3.63, 3.8) is 0 Å². The van der Waals surface area contributed by atoms with Crippen molar-refractivity contribution in [1.82, 2.24) is 9.80 Å². The summed E-state index contributed by atoms with van der Waals surface area (Å²) in [7, 11) is 0. The maximum atomic E-state index is 2.79. The molecule has 3 fully saturated rings. The fraction of sp³-hybridized carbons (Fsp3) is 1.00. The number of hydrogen-bond acceptors (Lipinski definition) is 2. The van der Waals surface area contributed by atoms with Crippen molar-refractivity contribution < 1.29 is 0 Å². The van der Waals surface area contributed by atoms with Crippen molar-refractivity contribution in [2.45, 2.75) is 50.6 Å². The van der Waals surface area contributed by atoms with Crippen molar-refractivity contribution in [3.05, 3.63) is 0 Å². The Kier molecular flexibility index (Phi) is 2.50. The molecule has 2 heteroatoms. The summed E-state index contributed by atoms with van der Waals surface area (Å²) in [6.45, 7) is 5.50. The van der Waals surface area contributed by atoms with Crippen LogP contribution in [0.3, 0.4) is 0 Å². The second-order valence-electron chi connectivity index (χ2n) is 5.27. The van der Waals surface area contributed by atoms with Gasteiger partial charge in [0.05, 0.1) is 0 Å². The Morgan fingerprint density at radius 3 is 2.14 bits per heavy atom. The number of nitrogens with zero attached hydrogens (tertiary/aromatic N) is 2. The molecule has 2 saturated heterocycles. The zero-order valence-electron chi connectivity index (χ0n) is 9.12. The molecule has 1 aliphatic carbocycles. The predicted octanol–water partition coefficient (Wildman–Crippen LogP) is 1.71. The molecule has 3 rings (SSSR count). The van der Waals surface area contributed by atoms with E-state index in [1.54, 1.807) is 0 Å². The molecule has 1 saturated carbocycles. The van der Waals surface area contributed by atoms with Crippen molar-refractivity contribution >= 4 is 0 Å². The zero-order valence-corrected chi connectivity index (χ0v) is 9.12. The summed E-state index contributed by atoms with van der Waals surface area (Å²) < 4.78 is 0. The van der Waals surface area contributed by atoms with E-state index in [0.29, 0.717) is 0 Å². The van der Waals surface area contributed by atoms with Crippen LogP contribution in [-0.2, 0) is 0 Å². The fourth-order valence-corrected chi connectivity index (χ4v) is 3.32. The minimum Gasteiger partial charge on any atom is -0.299 e. The van der Waals surface area contributed by atoms with Gasteiger partial charge in [-0.1, -0.05) is 6.42 Å². The molecule has 0 bridgehead atoms. The maximum absolute atomic E-state index is 2.79. The van der Waals surface area contributed by atoms with Crippen LogP contribution in [0, 0.1) is 0 Å². The van der Waals surface area contributed by atoms with Crippen LogP contribution < -0.4 is 0 Å². The predicted molar refractivity (Wildman–Crippen MR) is 58.4 cm³/mol. The van der Waals surface area contributed by atoms with E-state index < -0.39 is 0 Å². The molecule has 0 aromatic heterocycles. The van der Waals surface area contributed by atoms with E-state index in [-0.39, 0.29) is 0 Å². The molecule has 3 aliphatic rings. The van der Waals surface area contributed by atoms with E-state index in [0.717, 1.165) is 12.1 Å². The largest absolute Gasteiger partial charge is 0.299 e. The van der Waals surface area contributed by atoms with Crippen LogP contribution in [0.5, 0.6) is 0 Å². The van der Waals surface area contributed by atoms with Gasteiger partial charge in [-0.3, -0.25) is 9.80 Å². The quantitative estimate of drug-likeness (QED) is 0.627. The Morgan fingerprint density at radius 1 is 0.643 bits per heavy atom. The molecule has 0 aromatic rings. The second kappa shape index (κ2) is 3.82. The Morgan fingerprint density at radius 2 is 1.36 bits per heavy atom. The van der Waals surface area contributed by atoms with Crippen LogP contribution in [0.4, 0.5) is 0 Å². The Hall–Kier alpha value is -0.0800. The summed E-state index contributed by atoms with van der Waals surface area (Å²) in [5, 5.41) is 0. The number of rotatable bonds is 1. The van der Waals surface area contributed by atoms with Gasteiger partial charge in [-0.15, -0.1) is 0 Å². The average molecular weight is 194 g/mol. The Balaban J connectivity index is 1.63. The lowest BCUT2D eigenvalue weighted by atomic mass is 9.91. The van der Waals surface area contributed by atoms with Gasteiger partial charge in [0.15, 0.2) is 0 Å². The fourth-order valence-electron chi connectivity index (χ4n) is 3.32. The summed E-state index contributed by atoms with van der Waals surface area (Å²) in [6.07, 6.45) is 8.76. The zero-order chi connectivity index (χ0) is 9.38.